The highest BCUT2D eigenvalue weighted by Gasteiger charge is 2.69. The van der Waals surface area contributed by atoms with Gasteiger partial charge in [0.15, 0.2) is 6.23 Å². The van der Waals surface area contributed by atoms with Crippen molar-refractivity contribution < 1.29 is 37.7 Å². The number of nitrogens with one attached hydrogen (secondary N) is 1. The van der Waals surface area contributed by atoms with Crippen LogP contribution < -0.4 is 21.0 Å². The van der Waals surface area contributed by atoms with Gasteiger partial charge in [-0.25, -0.2) is 9.36 Å². The number of nitrogen functional groups attached to an aromatic ring is 1. The summed E-state index contributed by atoms with van der Waals surface area (Å²) in [5, 5.41) is 13.7. The lowest BCUT2D eigenvalue weighted by atomic mass is 9.92. The zero-order valence-corrected chi connectivity index (χ0v) is 21.8. The maximum absolute atomic E-state index is 13.8. The zero-order valence-electron chi connectivity index (χ0n) is 20.9. The Morgan fingerprint density at radius 1 is 1.32 bits per heavy atom. The number of carbonyl (C=O) groups is 1. The fraction of sp³-hybridized carbons (Fsp3) is 0.522. The van der Waals surface area contributed by atoms with Crippen LogP contribution in [0, 0.1) is 0 Å². The van der Waals surface area contributed by atoms with E-state index in [0.29, 0.717) is 0 Å². The Kier molecular flexibility index (Phi) is 7.48. The minimum Gasteiger partial charge on any atom is -0.462 e. The molecule has 3 heterocycles. The topological polar surface area (TPSA) is 173 Å². The van der Waals surface area contributed by atoms with E-state index < -0.39 is 55.6 Å². The number of anilines is 1. The summed E-state index contributed by atoms with van der Waals surface area (Å²) in [5.41, 5.74) is 2.06. The summed E-state index contributed by atoms with van der Waals surface area (Å²) >= 11 is 0. The van der Waals surface area contributed by atoms with Crippen LogP contribution in [0.1, 0.15) is 33.9 Å². The first-order valence-electron chi connectivity index (χ1n) is 11.7. The standard InChI is InChI=1S/C23H31N4O9P/c1-14(2)34-18(28)15(3)26-37(31,36-16-8-6-5-7-9-16)33-13-23-12-32-22(4,19(23)29)20(35-23)27-11-10-17(24)25-21(27)30/h5-11,14-15,19-20,29H,12-13H2,1-4H3,(H,26,31)(H2,24,25,30)/t15-,19+,20-,22-,23-,37+/m1/s1. The molecule has 0 amide bonds. The Hall–Kier alpha value is -2.80. The van der Waals surface area contributed by atoms with Crippen molar-refractivity contribution in [1.29, 1.82) is 0 Å². The van der Waals surface area contributed by atoms with Crippen LogP contribution in [0.2, 0.25) is 0 Å². The molecule has 0 spiro atoms. The number of aromatic nitrogens is 2. The third kappa shape index (κ3) is 5.42. The van der Waals surface area contributed by atoms with E-state index in [1.165, 1.54) is 19.2 Å². The van der Waals surface area contributed by atoms with Crippen LogP contribution in [-0.2, 0) is 28.1 Å². The number of nitrogens with two attached hydrogens (primary N) is 1. The van der Waals surface area contributed by atoms with Gasteiger partial charge in [-0.1, -0.05) is 18.2 Å². The van der Waals surface area contributed by atoms with Gasteiger partial charge < -0.3 is 29.6 Å². The first kappa shape index (κ1) is 27.2. The van der Waals surface area contributed by atoms with Crippen molar-refractivity contribution in [2.24, 2.45) is 0 Å². The second kappa shape index (κ2) is 10.2. The number of nitrogens with zero attached hydrogens (tertiary/aromatic N) is 2. The molecule has 2 aliphatic rings. The van der Waals surface area contributed by atoms with Crippen molar-refractivity contribution in [1.82, 2.24) is 14.6 Å². The Labute approximate surface area is 213 Å². The van der Waals surface area contributed by atoms with Gasteiger partial charge in [0.2, 0.25) is 0 Å². The number of para-hydroxylation sites is 1. The molecule has 1 aromatic heterocycles. The fourth-order valence-electron chi connectivity index (χ4n) is 4.22. The van der Waals surface area contributed by atoms with E-state index in [1.807, 2.05) is 0 Å². The maximum atomic E-state index is 13.8. The molecule has 202 valence electrons. The third-order valence-corrected chi connectivity index (χ3v) is 7.74. The Morgan fingerprint density at radius 3 is 2.68 bits per heavy atom. The molecule has 14 heteroatoms. The van der Waals surface area contributed by atoms with E-state index in [4.69, 9.17) is 29.0 Å². The molecule has 4 N–H and O–H groups in total. The molecule has 6 atom stereocenters. The number of benzene rings is 1. The van der Waals surface area contributed by atoms with E-state index in [9.17, 15) is 19.3 Å². The summed E-state index contributed by atoms with van der Waals surface area (Å²) in [5.74, 6) is -0.403. The summed E-state index contributed by atoms with van der Waals surface area (Å²) in [6.07, 6.45) is -1.34. The van der Waals surface area contributed by atoms with Gasteiger partial charge in [0.05, 0.1) is 19.3 Å². The maximum Gasteiger partial charge on any atom is 0.459 e. The van der Waals surface area contributed by atoms with Crippen LogP contribution >= 0.6 is 7.75 Å². The average Bonchev–Trinajstić information content (AvgIpc) is 3.20. The summed E-state index contributed by atoms with van der Waals surface area (Å²) < 4.78 is 43.5. The first-order chi connectivity index (χ1) is 17.4. The minimum atomic E-state index is -4.24. The molecular weight excluding hydrogens is 507 g/mol. The smallest absolute Gasteiger partial charge is 0.459 e. The lowest BCUT2D eigenvalue weighted by Crippen LogP contribution is -2.46. The fourth-order valence-corrected chi connectivity index (χ4v) is 5.77. The highest BCUT2D eigenvalue weighted by molar-refractivity contribution is 7.52. The molecule has 2 fully saturated rings. The number of esters is 1. The van der Waals surface area contributed by atoms with Gasteiger partial charge in [0, 0.05) is 6.20 Å². The molecule has 0 saturated carbocycles. The predicted molar refractivity (Wildman–Crippen MR) is 131 cm³/mol. The number of carbonyl (C=O) groups excluding carboxylic acids is 1. The van der Waals surface area contributed by atoms with Crippen molar-refractivity contribution in [3.8, 4) is 5.75 Å². The van der Waals surface area contributed by atoms with Gasteiger partial charge in [-0.15, -0.1) is 0 Å². The number of ether oxygens (including phenoxy) is 3. The highest BCUT2D eigenvalue weighted by Crippen LogP contribution is 2.54. The van der Waals surface area contributed by atoms with Crippen molar-refractivity contribution in [3.05, 3.63) is 53.1 Å². The van der Waals surface area contributed by atoms with E-state index in [-0.39, 0.29) is 24.3 Å². The molecule has 2 saturated heterocycles. The van der Waals surface area contributed by atoms with Gasteiger partial charge in [-0.2, -0.15) is 10.1 Å². The number of hydrogen-bond acceptors (Lipinski definition) is 11. The molecule has 0 aliphatic carbocycles. The second-order valence-electron chi connectivity index (χ2n) is 9.46. The van der Waals surface area contributed by atoms with E-state index in [1.54, 1.807) is 51.1 Å². The highest BCUT2D eigenvalue weighted by atomic mass is 31.2. The Morgan fingerprint density at radius 2 is 2.03 bits per heavy atom. The van der Waals surface area contributed by atoms with Crippen LogP contribution in [0.25, 0.3) is 0 Å². The van der Waals surface area contributed by atoms with Gasteiger partial charge >= 0.3 is 19.4 Å². The van der Waals surface area contributed by atoms with Gasteiger partial charge in [-0.05, 0) is 45.9 Å². The number of aliphatic hydroxyl groups excluding tert-OH is 1. The SMILES string of the molecule is CC(C)OC(=O)[C@@H](C)N[P@](=O)(OC[C@]12CO[C@](C)([C@@H]1O)[C@H](n1ccc(N)nc1=O)O2)Oc1ccccc1. The summed E-state index contributed by atoms with van der Waals surface area (Å²) in [4.78, 5) is 28.5. The number of aliphatic hydroxyl groups is 1. The van der Waals surface area contributed by atoms with Crippen molar-refractivity contribution >= 4 is 19.5 Å². The van der Waals surface area contributed by atoms with Crippen LogP contribution in [0.4, 0.5) is 5.82 Å². The first-order valence-corrected chi connectivity index (χ1v) is 13.2. The van der Waals surface area contributed by atoms with Gasteiger partial charge in [0.25, 0.3) is 0 Å². The number of rotatable bonds is 10. The molecule has 13 nitrogen and oxygen atoms in total. The molecular formula is C23H31N4O9P. The van der Waals surface area contributed by atoms with Gasteiger partial charge in [0.1, 0.15) is 34.9 Å². The summed E-state index contributed by atoms with van der Waals surface area (Å²) in [6.45, 7) is 5.85. The lowest BCUT2D eigenvalue weighted by molar-refractivity contribution is -0.211. The van der Waals surface area contributed by atoms with Crippen LogP contribution in [-0.4, -0.2) is 63.3 Å². The number of hydrogen-bond donors (Lipinski definition) is 3. The molecule has 2 aromatic rings. The average molecular weight is 538 g/mol. The monoisotopic (exact) mass is 538 g/mol. The van der Waals surface area contributed by atoms with Crippen molar-refractivity contribution in [3.63, 3.8) is 0 Å². The normalized spacial score (nSPS) is 29.1. The molecule has 2 bridgehead atoms. The van der Waals surface area contributed by atoms with Crippen molar-refractivity contribution in [2.45, 2.75) is 63.4 Å². The molecule has 0 radical (unpaired) electrons. The largest absolute Gasteiger partial charge is 0.462 e. The molecule has 1 aromatic carbocycles. The molecule has 37 heavy (non-hydrogen) atoms. The quantitative estimate of drug-likeness (QED) is 0.293. The molecule has 0 unspecified atom stereocenters. The summed E-state index contributed by atoms with van der Waals surface area (Å²) in [6, 6.07) is 8.61. The Bertz CT molecular complexity index is 1240. The van der Waals surface area contributed by atoms with Crippen LogP contribution in [0.5, 0.6) is 5.75 Å². The Balaban J connectivity index is 1.57. The minimum absolute atomic E-state index is 0.0317. The predicted octanol–water partition coefficient (Wildman–Crippen LogP) is 1.38. The molecule has 2 aliphatic heterocycles. The molecule has 4 rings (SSSR count). The van der Waals surface area contributed by atoms with E-state index in [2.05, 4.69) is 10.1 Å². The van der Waals surface area contributed by atoms with Crippen molar-refractivity contribution in [2.75, 3.05) is 18.9 Å². The van der Waals surface area contributed by atoms with Gasteiger partial charge in [-0.3, -0.25) is 13.9 Å². The lowest BCUT2D eigenvalue weighted by Gasteiger charge is -2.34. The number of fused-ring (bicyclic) bond motifs is 2. The second-order valence-corrected chi connectivity index (χ2v) is 11.2. The third-order valence-electron chi connectivity index (χ3n) is 6.11. The summed E-state index contributed by atoms with van der Waals surface area (Å²) in [7, 11) is -4.24. The van der Waals surface area contributed by atoms with Crippen LogP contribution in [0.3, 0.4) is 0 Å². The van der Waals surface area contributed by atoms with E-state index >= 15 is 0 Å². The van der Waals surface area contributed by atoms with Crippen LogP contribution in [0.15, 0.2) is 47.4 Å². The zero-order chi connectivity index (χ0) is 27.0. The van der Waals surface area contributed by atoms with E-state index in [0.717, 1.165) is 4.57 Å².